The maximum atomic E-state index is 15.8. The number of nitrogens with one attached hydrogen (secondary N) is 1. The van der Waals surface area contributed by atoms with E-state index in [-0.39, 0.29) is 28.9 Å². The number of rotatable bonds is 6. The molecule has 41 heavy (non-hydrogen) atoms. The number of aliphatic hydroxyl groups is 3. The van der Waals surface area contributed by atoms with Gasteiger partial charge >= 0.3 is 11.9 Å². The van der Waals surface area contributed by atoms with Crippen molar-refractivity contribution in [2.24, 2.45) is 5.92 Å². The molecule has 1 aliphatic carbocycles. The number of halogens is 1. The van der Waals surface area contributed by atoms with Crippen LogP contribution in [-0.2, 0) is 14.3 Å². The molecule has 222 valence electrons. The van der Waals surface area contributed by atoms with Gasteiger partial charge < -0.3 is 49.4 Å². The average Bonchev–Trinajstić information content (AvgIpc) is 3.70. The minimum absolute atomic E-state index is 0.0930. The summed E-state index contributed by atoms with van der Waals surface area (Å²) in [6.45, 7) is 2.13. The number of carbonyl (C=O) groups excluding carboxylic acids is 1. The molecule has 4 fully saturated rings. The summed E-state index contributed by atoms with van der Waals surface area (Å²) in [6, 6.07) is 1.22. The zero-order valence-corrected chi connectivity index (χ0v) is 22.2. The Morgan fingerprint density at radius 3 is 2.54 bits per heavy atom. The molecule has 4 aliphatic rings. The average molecular weight is 578 g/mol. The van der Waals surface area contributed by atoms with Crippen LogP contribution in [-0.4, -0.2) is 100 Å². The Kier molecular flexibility index (Phi) is 7.14. The number of nitrogens with zero attached hydrogens (tertiary/aromatic N) is 2. The van der Waals surface area contributed by atoms with Crippen molar-refractivity contribution in [2.45, 2.75) is 68.5 Å². The van der Waals surface area contributed by atoms with Crippen LogP contribution in [0.5, 0.6) is 5.75 Å². The molecule has 7 atom stereocenters. The molecule has 6 rings (SSSR count). The van der Waals surface area contributed by atoms with E-state index in [9.17, 15) is 34.8 Å². The Morgan fingerprint density at radius 2 is 1.88 bits per heavy atom. The minimum atomic E-state index is -2.00. The van der Waals surface area contributed by atoms with Gasteiger partial charge in [-0.2, -0.15) is 0 Å². The second kappa shape index (κ2) is 10.5. The first-order valence-corrected chi connectivity index (χ1v) is 13.7. The molecule has 1 aromatic carbocycles. The molecule has 3 saturated heterocycles. The summed E-state index contributed by atoms with van der Waals surface area (Å²) in [4.78, 5) is 40.1. The second-order valence-corrected chi connectivity index (χ2v) is 11.2. The fraction of sp³-hybridized carbons (Fsp3) is 0.593. The van der Waals surface area contributed by atoms with E-state index >= 15 is 4.39 Å². The van der Waals surface area contributed by atoms with Gasteiger partial charge in [-0.1, -0.05) is 0 Å². The van der Waals surface area contributed by atoms with Crippen LogP contribution in [0.3, 0.4) is 0 Å². The molecule has 13 nitrogen and oxygen atoms in total. The van der Waals surface area contributed by atoms with Gasteiger partial charge in [-0.25, -0.2) is 14.0 Å². The van der Waals surface area contributed by atoms with Crippen molar-refractivity contribution >= 4 is 28.5 Å². The van der Waals surface area contributed by atoms with Gasteiger partial charge in [0.05, 0.1) is 18.0 Å². The summed E-state index contributed by atoms with van der Waals surface area (Å²) in [5, 5.41) is 42.8. The Morgan fingerprint density at radius 1 is 1.12 bits per heavy atom. The molecule has 0 bridgehead atoms. The number of carbonyl (C=O) groups is 2. The Bertz CT molecular complexity index is 1430. The van der Waals surface area contributed by atoms with Crippen LogP contribution in [0.2, 0.25) is 0 Å². The van der Waals surface area contributed by atoms with Crippen molar-refractivity contribution < 1.29 is 48.6 Å². The number of ether oxygens (including phenoxy) is 3. The number of anilines is 1. The number of hydrogen-bond donors (Lipinski definition) is 5. The summed E-state index contributed by atoms with van der Waals surface area (Å²) < 4.78 is 33.4. The van der Waals surface area contributed by atoms with Crippen LogP contribution in [0.4, 0.5) is 10.1 Å². The van der Waals surface area contributed by atoms with Crippen LogP contribution in [0.25, 0.3) is 10.9 Å². The first kappa shape index (κ1) is 27.8. The molecule has 2 aromatic rings. The van der Waals surface area contributed by atoms with Gasteiger partial charge in [0, 0.05) is 31.4 Å². The number of methoxy groups -OCH3 is 1. The monoisotopic (exact) mass is 577 g/mol. The van der Waals surface area contributed by atoms with Crippen molar-refractivity contribution in [3.8, 4) is 5.75 Å². The van der Waals surface area contributed by atoms with E-state index in [1.54, 1.807) is 4.57 Å². The van der Waals surface area contributed by atoms with E-state index in [1.165, 1.54) is 13.3 Å². The second-order valence-electron chi connectivity index (χ2n) is 11.2. The van der Waals surface area contributed by atoms with E-state index < -0.39 is 59.5 Å². The number of fused-ring (bicyclic) bond motifs is 2. The van der Waals surface area contributed by atoms with Crippen LogP contribution in [0.15, 0.2) is 17.1 Å². The number of carboxylic acids is 1. The molecule has 1 aromatic heterocycles. The van der Waals surface area contributed by atoms with Crippen molar-refractivity contribution in [2.75, 3.05) is 31.6 Å². The van der Waals surface area contributed by atoms with Gasteiger partial charge in [-0.05, 0) is 44.2 Å². The lowest BCUT2D eigenvalue weighted by Crippen LogP contribution is -2.60. The third kappa shape index (κ3) is 4.73. The maximum absolute atomic E-state index is 15.8. The highest BCUT2D eigenvalue weighted by Crippen LogP contribution is 2.45. The highest BCUT2D eigenvalue weighted by molar-refractivity contribution is 5.98. The smallest absolute Gasteiger partial charge is 0.346 e. The molecular formula is C27H32FN3O10. The molecule has 3 aliphatic heterocycles. The SMILES string of the molecule is COc1c(N2C[C@@H]3CCCN[C@@H]3C2)c(F)cc2c(=O)c(C(=O)OC3OC(C(=O)O)[C@@H](O)[C@H](O)[C@H]3O)cn(C3CC3)c12. The number of benzene rings is 1. The number of pyridine rings is 1. The van der Waals surface area contributed by atoms with E-state index in [2.05, 4.69) is 5.32 Å². The standard InChI is InChI=1S/C27H32FN3O10/c1-39-23-17-13(7-15(28)18(23)30-8-11-3-2-6-29-16(11)10-30)19(32)14(9-31(17)12-4-5-12)26(38)41-27-22(35)20(33)21(34)24(40-27)25(36)37/h7,9,11-12,16,20-22,24,27,29,33-35H,2-6,8,10H2,1H3,(H,36,37)/t11-,16+,20-,21-,22+,24?,27?/m0/s1. The van der Waals surface area contributed by atoms with Crippen molar-refractivity contribution in [3.05, 3.63) is 33.9 Å². The fourth-order valence-electron chi connectivity index (χ4n) is 6.26. The fourth-order valence-corrected chi connectivity index (χ4v) is 6.26. The van der Waals surface area contributed by atoms with Gasteiger partial charge in [-0.15, -0.1) is 0 Å². The van der Waals surface area contributed by atoms with Gasteiger partial charge in [0.15, 0.2) is 17.7 Å². The van der Waals surface area contributed by atoms with Crippen LogP contribution in [0.1, 0.15) is 42.1 Å². The lowest BCUT2D eigenvalue weighted by atomic mass is 9.94. The molecule has 0 spiro atoms. The van der Waals surface area contributed by atoms with Gasteiger partial charge in [-0.3, -0.25) is 4.79 Å². The lowest BCUT2D eigenvalue weighted by molar-refractivity contribution is -0.278. The molecular weight excluding hydrogens is 545 g/mol. The molecule has 14 heteroatoms. The number of aliphatic hydroxyl groups excluding tert-OH is 3. The summed E-state index contributed by atoms with van der Waals surface area (Å²) >= 11 is 0. The molecule has 0 radical (unpaired) electrons. The lowest BCUT2D eigenvalue weighted by Gasteiger charge is -2.37. The van der Waals surface area contributed by atoms with Crippen LogP contribution in [0, 0.1) is 11.7 Å². The van der Waals surface area contributed by atoms with E-state index in [4.69, 9.17) is 14.2 Å². The number of carboxylic acid groups (broad SMARTS) is 1. The predicted octanol–water partition coefficient (Wildman–Crippen LogP) is -0.279. The zero-order valence-electron chi connectivity index (χ0n) is 22.2. The number of hydrogen-bond acceptors (Lipinski definition) is 11. The zero-order chi connectivity index (χ0) is 29.2. The third-order valence-corrected chi connectivity index (χ3v) is 8.51. The first-order valence-electron chi connectivity index (χ1n) is 13.7. The van der Waals surface area contributed by atoms with Crippen LogP contribution < -0.4 is 20.4 Å². The normalized spacial score (nSPS) is 31.6. The molecule has 0 amide bonds. The van der Waals surface area contributed by atoms with Gasteiger partial charge in [0.2, 0.25) is 11.7 Å². The first-order chi connectivity index (χ1) is 19.6. The highest BCUT2D eigenvalue weighted by atomic mass is 19.1. The predicted molar refractivity (Wildman–Crippen MR) is 139 cm³/mol. The minimum Gasteiger partial charge on any atom is -0.492 e. The number of esters is 1. The summed E-state index contributed by atoms with van der Waals surface area (Å²) in [7, 11) is 1.41. The Balaban J connectivity index is 1.39. The largest absolute Gasteiger partial charge is 0.492 e. The summed E-state index contributed by atoms with van der Waals surface area (Å²) in [5.74, 6) is -3.05. The van der Waals surface area contributed by atoms with E-state index in [0.29, 0.717) is 24.5 Å². The number of aromatic nitrogens is 1. The number of aliphatic carboxylic acids is 1. The summed E-state index contributed by atoms with van der Waals surface area (Å²) in [5.41, 5.74) is -0.762. The summed E-state index contributed by atoms with van der Waals surface area (Å²) in [6.07, 6.45) is -5.10. The topological polar surface area (TPSA) is 180 Å². The Hall–Kier alpha value is -3.30. The molecule has 4 heterocycles. The van der Waals surface area contributed by atoms with Crippen LogP contribution >= 0.6 is 0 Å². The van der Waals surface area contributed by atoms with E-state index in [0.717, 1.165) is 38.3 Å². The van der Waals surface area contributed by atoms with Crippen molar-refractivity contribution in [1.29, 1.82) is 0 Å². The quantitative estimate of drug-likeness (QED) is 0.284. The number of piperidine rings is 1. The van der Waals surface area contributed by atoms with Gasteiger partial charge in [0.25, 0.3) is 0 Å². The van der Waals surface area contributed by atoms with Gasteiger partial charge in [0.1, 0.15) is 29.6 Å². The third-order valence-electron chi connectivity index (χ3n) is 8.51. The highest BCUT2D eigenvalue weighted by Gasteiger charge is 2.49. The Labute approximate surface area is 233 Å². The van der Waals surface area contributed by atoms with Crippen molar-refractivity contribution in [3.63, 3.8) is 0 Å². The molecule has 2 unspecified atom stereocenters. The van der Waals surface area contributed by atoms with Crippen molar-refractivity contribution in [1.82, 2.24) is 9.88 Å². The van der Waals surface area contributed by atoms with E-state index in [1.807, 2.05) is 4.90 Å². The molecule has 5 N–H and O–H groups in total. The molecule has 1 saturated carbocycles. The maximum Gasteiger partial charge on any atom is 0.346 e.